The van der Waals surface area contributed by atoms with Gasteiger partial charge in [-0.25, -0.2) is 0 Å². The fraction of sp³-hybridized carbons (Fsp3) is 0.318. The number of nitrogens with zero attached hydrogens (tertiary/aromatic N) is 1. The van der Waals surface area contributed by atoms with Gasteiger partial charge in [-0.3, -0.25) is 9.69 Å². The summed E-state index contributed by atoms with van der Waals surface area (Å²) in [4.78, 5) is 14.7. The molecule has 5 nitrogen and oxygen atoms in total. The molecule has 0 aromatic heterocycles. The molecule has 0 fully saturated rings. The molecule has 0 atom stereocenters. The average Bonchev–Trinajstić information content (AvgIpc) is 3.20. The summed E-state index contributed by atoms with van der Waals surface area (Å²) in [5, 5.41) is 12.2. The third-order valence-corrected chi connectivity index (χ3v) is 5.19. The second kappa shape index (κ2) is 7.18. The molecule has 2 aromatic rings. The molecule has 0 aliphatic carbocycles. The first-order valence-electron chi connectivity index (χ1n) is 9.33. The standard InChI is InChI=1S/C22H24N2O3/c1-14(2)24(9-10-25)12-15-7-8-17-16(11-15)13-27-21(17)20-18-5-3-4-6-19(18)23-22(20)26/h3-8,11,14,25H,9-10,12-13H2,1-2H3,(H,23,26). The van der Waals surface area contributed by atoms with Crippen molar-refractivity contribution >= 4 is 22.9 Å². The van der Waals surface area contributed by atoms with Crippen molar-refractivity contribution in [3.05, 3.63) is 64.7 Å². The highest BCUT2D eigenvalue weighted by Crippen LogP contribution is 2.41. The van der Waals surface area contributed by atoms with Crippen LogP contribution in [0.4, 0.5) is 5.69 Å². The van der Waals surface area contributed by atoms with Gasteiger partial charge in [-0.2, -0.15) is 0 Å². The lowest BCUT2D eigenvalue weighted by molar-refractivity contribution is -0.110. The fourth-order valence-electron chi connectivity index (χ4n) is 3.75. The summed E-state index contributed by atoms with van der Waals surface area (Å²) in [6.07, 6.45) is 0. The van der Waals surface area contributed by atoms with Gasteiger partial charge in [0.1, 0.15) is 12.4 Å². The van der Waals surface area contributed by atoms with Crippen molar-refractivity contribution in [2.45, 2.75) is 33.0 Å². The first kappa shape index (κ1) is 17.8. The van der Waals surface area contributed by atoms with E-state index >= 15 is 0 Å². The zero-order valence-corrected chi connectivity index (χ0v) is 15.7. The number of hydrogen-bond donors (Lipinski definition) is 2. The molecular formula is C22H24N2O3. The van der Waals surface area contributed by atoms with Crippen molar-refractivity contribution in [3.8, 4) is 0 Å². The summed E-state index contributed by atoms with van der Waals surface area (Å²) < 4.78 is 5.95. The number of ether oxygens (including phenoxy) is 1. The maximum absolute atomic E-state index is 12.5. The average molecular weight is 364 g/mol. The Morgan fingerprint density at radius 1 is 1.19 bits per heavy atom. The predicted molar refractivity (Wildman–Crippen MR) is 106 cm³/mol. The topological polar surface area (TPSA) is 61.8 Å². The van der Waals surface area contributed by atoms with E-state index in [-0.39, 0.29) is 12.5 Å². The molecule has 0 unspecified atom stereocenters. The summed E-state index contributed by atoms with van der Waals surface area (Å²) >= 11 is 0. The van der Waals surface area contributed by atoms with Crippen LogP contribution in [-0.4, -0.2) is 35.1 Å². The van der Waals surface area contributed by atoms with Gasteiger partial charge in [-0.05, 0) is 25.5 Å². The van der Waals surface area contributed by atoms with Crippen LogP contribution in [0.25, 0.3) is 11.3 Å². The summed E-state index contributed by atoms with van der Waals surface area (Å²) in [5.74, 6) is 0.548. The van der Waals surface area contributed by atoms with Gasteiger partial charge in [0.05, 0.1) is 12.2 Å². The minimum atomic E-state index is -0.114. The SMILES string of the molecule is CC(C)N(CCO)Cc1ccc2c(c1)COC2=C1C(=O)Nc2ccccc21. The van der Waals surface area contributed by atoms with E-state index in [1.165, 1.54) is 5.56 Å². The van der Waals surface area contributed by atoms with Crippen molar-refractivity contribution < 1.29 is 14.6 Å². The number of benzene rings is 2. The number of amides is 1. The Morgan fingerprint density at radius 2 is 2.00 bits per heavy atom. The molecule has 0 saturated carbocycles. The molecule has 0 bridgehead atoms. The van der Waals surface area contributed by atoms with Crippen molar-refractivity contribution in [2.75, 3.05) is 18.5 Å². The van der Waals surface area contributed by atoms with E-state index in [9.17, 15) is 9.90 Å². The normalized spacial score (nSPS) is 17.9. The van der Waals surface area contributed by atoms with Crippen LogP contribution in [-0.2, 0) is 22.7 Å². The number of aliphatic hydroxyl groups excluding tert-OH is 1. The number of para-hydroxylation sites is 1. The number of anilines is 1. The van der Waals surface area contributed by atoms with Gasteiger partial charge in [-0.15, -0.1) is 0 Å². The van der Waals surface area contributed by atoms with Gasteiger partial charge >= 0.3 is 0 Å². The van der Waals surface area contributed by atoms with E-state index in [1.54, 1.807) is 0 Å². The van der Waals surface area contributed by atoms with Gasteiger partial charge in [0.15, 0.2) is 0 Å². The summed E-state index contributed by atoms with van der Waals surface area (Å²) in [7, 11) is 0. The number of carbonyl (C=O) groups is 1. The largest absolute Gasteiger partial charge is 0.487 e. The van der Waals surface area contributed by atoms with Gasteiger partial charge in [0.2, 0.25) is 0 Å². The van der Waals surface area contributed by atoms with Crippen LogP contribution in [0, 0.1) is 0 Å². The van der Waals surface area contributed by atoms with Crippen molar-refractivity contribution in [1.82, 2.24) is 4.90 Å². The lowest BCUT2D eigenvalue weighted by Gasteiger charge is -2.25. The van der Waals surface area contributed by atoms with Crippen LogP contribution in [0.2, 0.25) is 0 Å². The quantitative estimate of drug-likeness (QED) is 0.800. The van der Waals surface area contributed by atoms with E-state index in [4.69, 9.17) is 4.74 Å². The number of nitrogens with one attached hydrogen (secondary N) is 1. The van der Waals surface area contributed by atoms with Gasteiger partial charge < -0.3 is 15.2 Å². The Kier molecular flexibility index (Phi) is 4.72. The van der Waals surface area contributed by atoms with E-state index in [2.05, 4.69) is 36.2 Å². The zero-order valence-electron chi connectivity index (χ0n) is 15.7. The molecule has 5 heteroatoms. The molecule has 0 saturated heterocycles. The molecule has 2 aliphatic heterocycles. The molecule has 2 aliphatic rings. The predicted octanol–water partition coefficient (Wildman–Crippen LogP) is 3.24. The molecule has 0 radical (unpaired) electrons. The van der Waals surface area contributed by atoms with Crippen molar-refractivity contribution in [2.24, 2.45) is 0 Å². The Hall–Kier alpha value is -2.63. The number of fused-ring (bicyclic) bond motifs is 2. The molecule has 0 spiro atoms. The third-order valence-electron chi connectivity index (χ3n) is 5.19. The molecule has 27 heavy (non-hydrogen) atoms. The molecule has 140 valence electrons. The maximum Gasteiger partial charge on any atom is 0.260 e. The van der Waals surface area contributed by atoms with Crippen LogP contribution >= 0.6 is 0 Å². The van der Waals surface area contributed by atoms with Gasteiger partial charge in [0.25, 0.3) is 5.91 Å². The Balaban J connectivity index is 1.67. The van der Waals surface area contributed by atoms with Crippen LogP contribution in [0.5, 0.6) is 0 Å². The Labute approximate surface area is 159 Å². The highest BCUT2D eigenvalue weighted by Gasteiger charge is 2.32. The lowest BCUT2D eigenvalue weighted by atomic mass is 9.99. The lowest BCUT2D eigenvalue weighted by Crippen LogP contribution is -2.32. The molecule has 4 rings (SSSR count). The second-order valence-electron chi connectivity index (χ2n) is 7.27. The van der Waals surface area contributed by atoms with Gasteiger partial charge in [-0.1, -0.05) is 36.4 Å². The smallest absolute Gasteiger partial charge is 0.260 e. The minimum Gasteiger partial charge on any atom is -0.487 e. The van der Waals surface area contributed by atoms with Crippen molar-refractivity contribution in [3.63, 3.8) is 0 Å². The molecule has 2 N–H and O–H groups in total. The first-order valence-corrected chi connectivity index (χ1v) is 9.33. The van der Waals surface area contributed by atoms with Crippen LogP contribution in [0.1, 0.15) is 36.1 Å². The zero-order chi connectivity index (χ0) is 19.0. The van der Waals surface area contributed by atoms with E-state index in [0.717, 1.165) is 28.9 Å². The number of aliphatic hydroxyl groups is 1. The summed E-state index contributed by atoms with van der Waals surface area (Å²) in [6.45, 7) is 6.31. The minimum absolute atomic E-state index is 0.114. The van der Waals surface area contributed by atoms with Crippen molar-refractivity contribution in [1.29, 1.82) is 0 Å². The van der Waals surface area contributed by atoms with Crippen LogP contribution in [0.15, 0.2) is 42.5 Å². The Bertz CT molecular complexity index is 918. The molecule has 1 amide bonds. The van der Waals surface area contributed by atoms with Crippen LogP contribution < -0.4 is 5.32 Å². The highest BCUT2D eigenvalue weighted by atomic mass is 16.5. The number of carbonyl (C=O) groups excluding carboxylic acids is 1. The first-order chi connectivity index (χ1) is 13.1. The van der Waals surface area contributed by atoms with Gasteiger partial charge in [0, 0.05) is 41.5 Å². The molecule has 2 heterocycles. The fourth-order valence-corrected chi connectivity index (χ4v) is 3.75. The van der Waals surface area contributed by atoms with E-state index < -0.39 is 0 Å². The number of hydrogen-bond acceptors (Lipinski definition) is 4. The monoisotopic (exact) mass is 364 g/mol. The summed E-state index contributed by atoms with van der Waals surface area (Å²) in [5.41, 5.74) is 5.60. The molecular weight excluding hydrogens is 340 g/mol. The molecule has 2 aromatic carbocycles. The van der Waals surface area contributed by atoms with E-state index in [0.29, 0.717) is 30.5 Å². The third kappa shape index (κ3) is 3.24. The van der Waals surface area contributed by atoms with E-state index in [1.807, 2.05) is 30.3 Å². The maximum atomic E-state index is 12.5. The highest BCUT2D eigenvalue weighted by molar-refractivity contribution is 6.36. The summed E-state index contributed by atoms with van der Waals surface area (Å²) in [6, 6.07) is 14.3. The second-order valence-corrected chi connectivity index (χ2v) is 7.27. The number of rotatable bonds is 5. The Morgan fingerprint density at radius 3 is 2.78 bits per heavy atom. The van der Waals surface area contributed by atoms with Crippen LogP contribution in [0.3, 0.4) is 0 Å².